The van der Waals surface area contributed by atoms with Gasteiger partial charge in [-0.1, -0.05) is 56.9 Å². The number of ketones is 1. The Labute approximate surface area is 274 Å². The molecule has 10 nitrogen and oxygen atoms in total. The van der Waals surface area contributed by atoms with Gasteiger partial charge < -0.3 is 24.1 Å². The van der Waals surface area contributed by atoms with E-state index in [2.05, 4.69) is 18.8 Å². The SMILES string of the molecule is CCCCCCOc1ccc(C2/C(=C(\O)c3ccc(OCCCC)cc3)C(=O)C(=O)N2c2nc(C)c(C(=O)OCC)s2)cc1OC. The maximum atomic E-state index is 13.7. The molecule has 0 saturated carbocycles. The number of anilines is 1. The molecular formula is C35H42N2O8S. The number of rotatable bonds is 16. The minimum atomic E-state index is -1.08. The normalized spacial score (nSPS) is 15.7. The van der Waals surface area contributed by atoms with Crippen molar-refractivity contribution in [1.82, 2.24) is 4.98 Å². The Bertz CT molecular complexity index is 1560. The lowest BCUT2D eigenvalue weighted by atomic mass is 9.95. The van der Waals surface area contributed by atoms with Crippen LogP contribution < -0.4 is 19.1 Å². The number of aliphatic hydroxyl groups excluding tert-OH is 1. The summed E-state index contributed by atoms with van der Waals surface area (Å²) >= 11 is 0.951. The molecule has 0 bridgehead atoms. The van der Waals surface area contributed by atoms with Crippen molar-refractivity contribution in [1.29, 1.82) is 0 Å². The average molecular weight is 651 g/mol. The molecule has 1 fully saturated rings. The Morgan fingerprint density at radius 1 is 0.935 bits per heavy atom. The fraction of sp³-hybridized carbons (Fsp3) is 0.429. The van der Waals surface area contributed by atoms with Crippen LogP contribution in [0, 0.1) is 6.92 Å². The van der Waals surface area contributed by atoms with E-state index in [-0.39, 0.29) is 27.9 Å². The van der Waals surface area contributed by atoms with Gasteiger partial charge in [0, 0.05) is 5.56 Å². The smallest absolute Gasteiger partial charge is 0.350 e. The highest BCUT2D eigenvalue weighted by Crippen LogP contribution is 2.45. The maximum absolute atomic E-state index is 13.7. The molecule has 1 aliphatic heterocycles. The van der Waals surface area contributed by atoms with Gasteiger partial charge in [-0.3, -0.25) is 14.5 Å². The molecule has 0 radical (unpaired) electrons. The first kappa shape index (κ1) is 34.5. The van der Waals surface area contributed by atoms with Crippen LogP contribution in [0.2, 0.25) is 0 Å². The molecular weight excluding hydrogens is 608 g/mol. The molecule has 246 valence electrons. The Morgan fingerprint density at radius 2 is 1.65 bits per heavy atom. The third kappa shape index (κ3) is 7.70. The number of amides is 1. The number of hydrogen-bond acceptors (Lipinski definition) is 10. The van der Waals surface area contributed by atoms with E-state index in [4.69, 9.17) is 18.9 Å². The van der Waals surface area contributed by atoms with E-state index < -0.39 is 23.7 Å². The summed E-state index contributed by atoms with van der Waals surface area (Å²) in [4.78, 5) is 46.0. The number of aliphatic hydroxyl groups is 1. The van der Waals surface area contributed by atoms with E-state index in [0.717, 1.165) is 49.9 Å². The van der Waals surface area contributed by atoms with Gasteiger partial charge in [-0.15, -0.1) is 0 Å². The number of aryl methyl sites for hydroxylation is 1. The molecule has 2 aromatic carbocycles. The van der Waals surface area contributed by atoms with E-state index in [9.17, 15) is 19.5 Å². The number of thiazole rings is 1. The van der Waals surface area contributed by atoms with E-state index in [0.29, 0.717) is 47.3 Å². The molecule has 1 saturated heterocycles. The summed E-state index contributed by atoms with van der Waals surface area (Å²) in [6.07, 6.45) is 6.10. The lowest BCUT2D eigenvalue weighted by molar-refractivity contribution is -0.132. The van der Waals surface area contributed by atoms with Gasteiger partial charge in [0.05, 0.1) is 44.2 Å². The number of aromatic nitrogens is 1. The minimum absolute atomic E-state index is 0.120. The first-order chi connectivity index (χ1) is 22.2. The van der Waals surface area contributed by atoms with Crippen LogP contribution in [0.25, 0.3) is 5.76 Å². The first-order valence-corrected chi connectivity index (χ1v) is 16.6. The van der Waals surface area contributed by atoms with Crippen LogP contribution in [0.5, 0.6) is 17.2 Å². The number of benzene rings is 2. The molecule has 1 aliphatic rings. The molecule has 3 aromatic rings. The molecule has 46 heavy (non-hydrogen) atoms. The summed E-state index contributed by atoms with van der Waals surface area (Å²) in [5.74, 6) is -1.12. The second kappa shape index (κ2) is 16.3. The average Bonchev–Trinajstić information content (AvgIpc) is 3.57. The van der Waals surface area contributed by atoms with Gasteiger partial charge >= 0.3 is 11.9 Å². The highest BCUT2D eigenvalue weighted by molar-refractivity contribution is 7.17. The van der Waals surface area contributed by atoms with Gasteiger partial charge in [-0.05, 0) is 68.7 Å². The predicted octanol–water partition coefficient (Wildman–Crippen LogP) is 7.40. The molecule has 2 heterocycles. The molecule has 1 amide bonds. The van der Waals surface area contributed by atoms with Gasteiger partial charge in [0.2, 0.25) is 0 Å². The molecule has 1 aromatic heterocycles. The summed E-state index contributed by atoms with van der Waals surface area (Å²) < 4.78 is 22.6. The highest BCUT2D eigenvalue weighted by atomic mass is 32.1. The topological polar surface area (TPSA) is 124 Å². The zero-order valence-electron chi connectivity index (χ0n) is 27.1. The molecule has 11 heteroatoms. The van der Waals surface area contributed by atoms with Crippen LogP contribution in [0.3, 0.4) is 0 Å². The Kier molecular flexibility index (Phi) is 12.2. The summed E-state index contributed by atoms with van der Waals surface area (Å²) in [6.45, 7) is 8.81. The van der Waals surface area contributed by atoms with E-state index >= 15 is 0 Å². The largest absolute Gasteiger partial charge is 0.507 e. The predicted molar refractivity (Wildman–Crippen MR) is 177 cm³/mol. The fourth-order valence-corrected chi connectivity index (χ4v) is 6.09. The van der Waals surface area contributed by atoms with Crippen LogP contribution in [-0.2, 0) is 14.3 Å². The number of ether oxygens (including phenoxy) is 4. The standard InChI is InChI=1S/C35H42N2O8S/c1-6-9-11-12-20-45-26-18-15-24(21-27(26)42-5)29-28(30(38)23-13-16-25(17-14-23)44-19-10-7-2)31(39)33(40)37(29)35-36-22(4)32(46-35)34(41)43-8-3/h13-18,21,29,38H,6-12,19-20H2,1-5H3/b30-28+. The first-order valence-electron chi connectivity index (χ1n) is 15.7. The Hall–Kier alpha value is -4.38. The number of hydrogen-bond donors (Lipinski definition) is 1. The quantitative estimate of drug-likeness (QED) is 0.0555. The number of nitrogens with zero attached hydrogens (tertiary/aromatic N) is 2. The van der Waals surface area contributed by atoms with Gasteiger partial charge in [0.1, 0.15) is 16.4 Å². The van der Waals surface area contributed by atoms with E-state index in [1.807, 2.05) is 0 Å². The van der Waals surface area contributed by atoms with Crippen molar-refractivity contribution in [2.45, 2.75) is 72.3 Å². The summed E-state index contributed by atoms with van der Waals surface area (Å²) in [5, 5.41) is 11.7. The monoisotopic (exact) mass is 650 g/mol. The molecule has 0 aliphatic carbocycles. The van der Waals surface area contributed by atoms with Crippen molar-refractivity contribution >= 4 is 39.9 Å². The Morgan fingerprint density at radius 3 is 2.33 bits per heavy atom. The van der Waals surface area contributed by atoms with Crippen LogP contribution in [0.15, 0.2) is 48.0 Å². The zero-order valence-corrected chi connectivity index (χ0v) is 27.9. The summed E-state index contributed by atoms with van der Waals surface area (Å²) in [6, 6.07) is 10.8. The minimum Gasteiger partial charge on any atom is -0.507 e. The highest BCUT2D eigenvalue weighted by Gasteiger charge is 2.48. The number of methoxy groups -OCH3 is 1. The number of carbonyl (C=O) groups is 3. The lowest BCUT2D eigenvalue weighted by Gasteiger charge is -2.24. The van der Waals surface area contributed by atoms with Crippen molar-refractivity contribution in [2.75, 3.05) is 31.8 Å². The maximum Gasteiger partial charge on any atom is 0.350 e. The van der Waals surface area contributed by atoms with Crippen molar-refractivity contribution in [3.63, 3.8) is 0 Å². The number of carbonyl (C=O) groups excluding carboxylic acids is 3. The van der Waals surface area contributed by atoms with Gasteiger partial charge in [-0.2, -0.15) is 0 Å². The molecule has 1 unspecified atom stereocenters. The van der Waals surface area contributed by atoms with Crippen LogP contribution in [0.1, 0.15) is 91.8 Å². The van der Waals surface area contributed by atoms with Crippen LogP contribution in [-0.4, -0.2) is 54.7 Å². The van der Waals surface area contributed by atoms with Crippen molar-refractivity contribution in [2.24, 2.45) is 0 Å². The molecule has 1 atom stereocenters. The third-order valence-corrected chi connectivity index (χ3v) is 8.69. The lowest BCUT2D eigenvalue weighted by Crippen LogP contribution is -2.29. The number of unbranched alkanes of at least 4 members (excludes halogenated alkanes) is 4. The third-order valence-electron chi connectivity index (χ3n) is 7.55. The second-order valence-corrected chi connectivity index (χ2v) is 11.8. The zero-order chi connectivity index (χ0) is 33.2. The Balaban J connectivity index is 1.79. The summed E-state index contributed by atoms with van der Waals surface area (Å²) in [5.41, 5.74) is 1.07. The molecule has 4 rings (SSSR count). The van der Waals surface area contributed by atoms with Crippen LogP contribution >= 0.6 is 11.3 Å². The van der Waals surface area contributed by atoms with E-state index in [1.54, 1.807) is 56.3 Å². The number of esters is 1. The van der Waals surface area contributed by atoms with Gasteiger partial charge in [-0.25, -0.2) is 9.78 Å². The summed E-state index contributed by atoms with van der Waals surface area (Å²) in [7, 11) is 1.51. The van der Waals surface area contributed by atoms with E-state index in [1.165, 1.54) is 12.0 Å². The second-order valence-electron chi connectivity index (χ2n) is 10.8. The van der Waals surface area contributed by atoms with Crippen molar-refractivity contribution < 1.29 is 38.4 Å². The van der Waals surface area contributed by atoms with Crippen LogP contribution in [0.4, 0.5) is 5.13 Å². The van der Waals surface area contributed by atoms with Crippen molar-refractivity contribution in [3.8, 4) is 17.2 Å². The van der Waals surface area contributed by atoms with Gasteiger partial charge in [0.25, 0.3) is 5.78 Å². The molecule has 0 spiro atoms. The van der Waals surface area contributed by atoms with Crippen molar-refractivity contribution in [3.05, 3.63) is 69.7 Å². The number of Topliss-reactive ketones (excluding diaryl/α,β-unsaturated/α-hetero) is 1. The van der Waals surface area contributed by atoms with Gasteiger partial charge in [0.15, 0.2) is 16.6 Å². The fourth-order valence-electron chi connectivity index (χ4n) is 5.10. The molecule has 1 N–H and O–H groups in total.